The standard InChI is InChI=1S/C16H29BrN2S/c1-5-8-18-12-16(6-2,7-3)13-19(4)10-14-9-15(17)20-11-14/h9,11,18H,5-8,10,12-13H2,1-4H3. The van der Waals surface area contributed by atoms with Crippen LogP contribution in [0.15, 0.2) is 15.2 Å². The quantitative estimate of drug-likeness (QED) is 0.605. The Bertz CT molecular complexity index is 374. The Labute approximate surface area is 137 Å². The van der Waals surface area contributed by atoms with E-state index in [0.717, 1.165) is 26.2 Å². The SMILES string of the molecule is CCCNCC(CC)(CC)CN(C)Cc1csc(Br)c1. The lowest BCUT2D eigenvalue weighted by Crippen LogP contribution is -2.42. The molecule has 1 aromatic rings. The molecule has 0 amide bonds. The van der Waals surface area contributed by atoms with Gasteiger partial charge in [0.2, 0.25) is 0 Å². The van der Waals surface area contributed by atoms with Gasteiger partial charge in [0.25, 0.3) is 0 Å². The van der Waals surface area contributed by atoms with Gasteiger partial charge in [0.15, 0.2) is 0 Å². The Balaban J connectivity index is 2.54. The fraction of sp³-hybridized carbons (Fsp3) is 0.750. The van der Waals surface area contributed by atoms with Gasteiger partial charge >= 0.3 is 0 Å². The summed E-state index contributed by atoms with van der Waals surface area (Å²) in [6.45, 7) is 11.3. The molecule has 0 spiro atoms. The van der Waals surface area contributed by atoms with Crippen LogP contribution in [0.1, 0.15) is 45.6 Å². The van der Waals surface area contributed by atoms with E-state index >= 15 is 0 Å². The topological polar surface area (TPSA) is 15.3 Å². The molecule has 0 unspecified atom stereocenters. The molecule has 116 valence electrons. The Morgan fingerprint density at radius 3 is 2.50 bits per heavy atom. The first-order valence-electron chi connectivity index (χ1n) is 7.67. The van der Waals surface area contributed by atoms with Crippen molar-refractivity contribution in [3.8, 4) is 0 Å². The van der Waals surface area contributed by atoms with Crippen LogP contribution in [0.5, 0.6) is 0 Å². The number of thiophene rings is 1. The van der Waals surface area contributed by atoms with E-state index in [1.54, 1.807) is 11.3 Å². The lowest BCUT2D eigenvalue weighted by molar-refractivity contribution is 0.151. The Kier molecular flexibility index (Phi) is 8.34. The number of nitrogens with one attached hydrogen (secondary N) is 1. The third kappa shape index (κ3) is 5.84. The Hall–Kier alpha value is 0.100. The summed E-state index contributed by atoms with van der Waals surface area (Å²) < 4.78 is 1.22. The van der Waals surface area contributed by atoms with Crippen molar-refractivity contribution in [2.45, 2.75) is 46.6 Å². The lowest BCUT2D eigenvalue weighted by Gasteiger charge is -2.36. The maximum absolute atomic E-state index is 3.62. The molecule has 1 heterocycles. The number of halogens is 1. The Morgan fingerprint density at radius 2 is 2.00 bits per heavy atom. The molecule has 0 atom stereocenters. The summed E-state index contributed by atoms with van der Waals surface area (Å²) in [5.74, 6) is 0. The van der Waals surface area contributed by atoms with Gasteiger partial charge in [-0.25, -0.2) is 0 Å². The molecule has 0 radical (unpaired) electrons. The van der Waals surface area contributed by atoms with E-state index in [-0.39, 0.29) is 0 Å². The highest BCUT2D eigenvalue weighted by Crippen LogP contribution is 2.28. The van der Waals surface area contributed by atoms with Crippen molar-refractivity contribution in [3.63, 3.8) is 0 Å². The molecule has 0 aliphatic carbocycles. The third-order valence-electron chi connectivity index (χ3n) is 4.11. The minimum atomic E-state index is 0.400. The fourth-order valence-electron chi connectivity index (χ4n) is 2.68. The highest BCUT2D eigenvalue weighted by molar-refractivity contribution is 9.11. The number of hydrogen-bond donors (Lipinski definition) is 1. The van der Waals surface area contributed by atoms with Crippen LogP contribution in [0.3, 0.4) is 0 Å². The number of hydrogen-bond acceptors (Lipinski definition) is 3. The van der Waals surface area contributed by atoms with Crippen molar-refractivity contribution in [1.29, 1.82) is 0 Å². The zero-order valence-electron chi connectivity index (χ0n) is 13.3. The van der Waals surface area contributed by atoms with Gasteiger partial charge in [-0.1, -0.05) is 20.8 Å². The van der Waals surface area contributed by atoms with E-state index in [0.29, 0.717) is 5.41 Å². The molecule has 0 aromatic carbocycles. The van der Waals surface area contributed by atoms with Crippen LogP contribution in [-0.4, -0.2) is 31.6 Å². The normalized spacial score (nSPS) is 12.3. The second-order valence-electron chi connectivity index (χ2n) is 5.82. The van der Waals surface area contributed by atoms with Crippen molar-refractivity contribution in [2.75, 3.05) is 26.7 Å². The summed E-state index contributed by atoms with van der Waals surface area (Å²) in [5, 5.41) is 5.86. The summed E-state index contributed by atoms with van der Waals surface area (Å²) in [6.07, 6.45) is 3.68. The largest absolute Gasteiger partial charge is 0.316 e. The lowest BCUT2D eigenvalue weighted by atomic mass is 9.81. The molecule has 20 heavy (non-hydrogen) atoms. The van der Waals surface area contributed by atoms with Gasteiger partial charge in [-0.3, -0.25) is 0 Å². The van der Waals surface area contributed by atoms with E-state index < -0.39 is 0 Å². The van der Waals surface area contributed by atoms with Gasteiger partial charge in [0.05, 0.1) is 3.79 Å². The molecule has 0 saturated heterocycles. The maximum atomic E-state index is 3.62. The smallest absolute Gasteiger partial charge is 0.0701 e. The number of rotatable bonds is 10. The van der Waals surface area contributed by atoms with Crippen LogP contribution in [0.4, 0.5) is 0 Å². The molecule has 0 aliphatic rings. The van der Waals surface area contributed by atoms with E-state index in [4.69, 9.17) is 0 Å². The predicted octanol–water partition coefficient (Wildman–Crippen LogP) is 4.75. The minimum absolute atomic E-state index is 0.400. The first-order chi connectivity index (χ1) is 9.55. The maximum Gasteiger partial charge on any atom is 0.0701 e. The van der Waals surface area contributed by atoms with Gasteiger partial charge in [-0.05, 0) is 71.2 Å². The zero-order chi connectivity index (χ0) is 15.0. The van der Waals surface area contributed by atoms with Crippen LogP contribution < -0.4 is 5.32 Å². The van der Waals surface area contributed by atoms with Gasteiger partial charge < -0.3 is 10.2 Å². The highest BCUT2D eigenvalue weighted by Gasteiger charge is 2.27. The summed E-state index contributed by atoms with van der Waals surface area (Å²) in [6, 6.07) is 2.23. The van der Waals surface area contributed by atoms with Crippen LogP contribution in [0.25, 0.3) is 0 Å². The zero-order valence-corrected chi connectivity index (χ0v) is 15.7. The van der Waals surface area contributed by atoms with E-state index in [2.05, 4.69) is 65.4 Å². The molecule has 2 nitrogen and oxygen atoms in total. The van der Waals surface area contributed by atoms with Crippen LogP contribution in [-0.2, 0) is 6.54 Å². The van der Waals surface area contributed by atoms with E-state index in [9.17, 15) is 0 Å². The van der Waals surface area contributed by atoms with Gasteiger partial charge in [0, 0.05) is 19.6 Å². The van der Waals surface area contributed by atoms with Crippen molar-refractivity contribution in [3.05, 3.63) is 20.8 Å². The summed E-state index contributed by atoms with van der Waals surface area (Å²) in [5.41, 5.74) is 1.81. The van der Waals surface area contributed by atoms with Crippen LogP contribution >= 0.6 is 27.3 Å². The number of nitrogens with zero attached hydrogens (tertiary/aromatic N) is 1. The van der Waals surface area contributed by atoms with Gasteiger partial charge in [0.1, 0.15) is 0 Å². The molecule has 1 N–H and O–H groups in total. The summed E-state index contributed by atoms with van der Waals surface area (Å²) in [7, 11) is 2.24. The first-order valence-corrected chi connectivity index (χ1v) is 9.34. The van der Waals surface area contributed by atoms with Crippen LogP contribution in [0.2, 0.25) is 0 Å². The monoisotopic (exact) mass is 360 g/mol. The molecular weight excluding hydrogens is 332 g/mol. The molecule has 0 saturated carbocycles. The minimum Gasteiger partial charge on any atom is -0.316 e. The van der Waals surface area contributed by atoms with Gasteiger partial charge in [-0.15, -0.1) is 11.3 Å². The van der Waals surface area contributed by atoms with Gasteiger partial charge in [-0.2, -0.15) is 0 Å². The molecule has 0 bridgehead atoms. The average Bonchev–Trinajstić information content (AvgIpc) is 2.83. The highest BCUT2D eigenvalue weighted by atomic mass is 79.9. The van der Waals surface area contributed by atoms with E-state index in [1.165, 1.54) is 28.6 Å². The van der Waals surface area contributed by atoms with Crippen molar-refractivity contribution in [1.82, 2.24) is 10.2 Å². The molecule has 0 aliphatic heterocycles. The second-order valence-corrected chi connectivity index (χ2v) is 8.11. The molecule has 1 aromatic heterocycles. The fourth-order valence-corrected chi connectivity index (χ4v) is 3.88. The molecule has 1 rings (SSSR count). The molecule has 0 fully saturated rings. The first kappa shape index (κ1) is 18.1. The summed E-state index contributed by atoms with van der Waals surface area (Å²) >= 11 is 5.31. The second kappa shape index (κ2) is 9.19. The van der Waals surface area contributed by atoms with E-state index in [1.807, 2.05) is 0 Å². The summed E-state index contributed by atoms with van der Waals surface area (Å²) in [4.78, 5) is 2.47. The van der Waals surface area contributed by atoms with Crippen molar-refractivity contribution in [2.24, 2.45) is 5.41 Å². The molecular formula is C16H29BrN2S. The van der Waals surface area contributed by atoms with Crippen molar-refractivity contribution >= 4 is 27.3 Å². The molecule has 4 heteroatoms. The van der Waals surface area contributed by atoms with Crippen LogP contribution in [0, 0.1) is 5.41 Å². The van der Waals surface area contributed by atoms with Crippen molar-refractivity contribution < 1.29 is 0 Å². The predicted molar refractivity (Wildman–Crippen MR) is 94.5 cm³/mol. The Morgan fingerprint density at radius 1 is 1.30 bits per heavy atom. The third-order valence-corrected chi connectivity index (χ3v) is 5.66. The average molecular weight is 361 g/mol.